The van der Waals surface area contributed by atoms with Crippen molar-refractivity contribution in [2.75, 3.05) is 25.2 Å². The third-order valence-electron chi connectivity index (χ3n) is 4.78. The summed E-state index contributed by atoms with van der Waals surface area (Å²) in [5, 5.41) is 4.49. The number of nitrogens with one attached hydrogen (secondary N) is 1. The number of nitrogens with zero attached hydrogens (tertiary/aromatic N) is 2. The maximum absolute atomic E-state index is 11.7. The lowest BCUT2D eigenvalue weighted by atomic mass is 10.1. The van der Waals surface area contributed by atoms with Gasteiger partial charge in [-0.2, -0.15) is 4.68 Å². The lowest BCUT2D eigenvalue weighted by Crippen LogP contribution is -3.15. The molecule has 7 nitrogen and oxygen atoms in total. The molecule has 3 rings (SSSR count). The average Bonchev–Trinajstić information content (AvgIpc) is 3.15. The number of hydrogen-bond acceptors (Lipinski definition) is 6. The first-order chi connectivity index (χ1) is 12.4. The van der Waals surface area contributed by atoms with Crippen molar-refractivity contribution in [1.82, 2.24) is 9.78 Å². The van der Waals surface area contributed by atoms with Crippen LogP contribution in [-0.2, 0) is 22.9 Å². The number of benzene rings is 1. The molecule has 2 heterocycles. The normalized spacial score (nSPS) is 20.2. The Balaban J connectivity index is 1.69. The molecule has 9 heteroatoms. The zero-order chi connectivity index (χ0) is 18.7. The number of methoxy groups -OCH3 is 1. The topological polar surface area (TPSA) is 78.8 Å². The van der Waals surface area contributed by atoms with Crippen LogP contribution >= 0.6 is 12.2 Å². The maximum atomic E-state index is 11.7. The Morgan fingerprint density at radius 1 is 1.38 bits per heavy atom. The quantitative estimate of drug-likeness (QED) is 0.697. The van der Waals surface area contributed by atoms with Gasteiger partial charge in [0.05, 0.1) is 25.8 Å². The minimum absolute atomic E-state index is 0.0913. The molecule has 0 amide bonds. The minimum atomic E-state index is -2.90. The number of quaternary nitrogens is 1. The van der Waals surface area contributed by atoms with E-state index in [1.54, 1.807) is 11.8 Å². The van der Waals surface area contributed by atoms with Crippen LogP contribution in [0.5, 0.6) is 5.75 Å². The van der Waals surface area contributed by atoms with E-state index in [2.05, 4.69) is 5.10 Å². The fourth-order valence-corrected chi connectivity index (χ4v) is 5.30. The molecule has 2 atom stereocenters. The molecule has 0 bridgehead atoms. The fraction of sp³-hybridized carbons (Fsp3) is 0.529. The molecule has 1 N–H and O–H groups in total. The average molecular weight is 399 g/mol. The third kappa shape index (κ3) is 4.52. The zero-order valence-corrected chi connectivity index (χ0v) is 16.6. The molecule has 142 valence electrons. The molecule has 1 saturated heterocycles. The van der Waals surface area contributed by atoms with E-state index in [0.717, 1.165) is 22.8 Å². The van der Waals surface area contributed by atoms with Gasteiger partial charge in [-0.25, -0.2) is 8.42 Å². The summed E-state index contributed by atoms with van der Waals surface area (Å²) in [7, 11) is -1.27. The lowest BCUT2D eigenvalue weighted by Gasteiger charge is -2.22. The van der Waals surface area contributed by atoms with E-state index in [0.29, 0.717) is 30.2 Å². The van der Waals surface area contributed by atoms with E-state index in [1.807, 2.05) is 31.2 Å². The van der Waals surface area contributed by atoms with E-state index in [1.165, 1.54) is 0 Å². The SMILES string of the molecule is CC[NH+](Cn1nc(Cc2ccc(OC)cc2)oc1=S)[C@H]1CCS(=O)(=O)C1. The summed E-state index contributed by atoms with van der Waals surface area (Å²) >= 11 is 5.30. The summed E-state index contributed by atoms with van der Waals surface area (Å²) in [6.45, 7) is 3.37. The predicted octanol–water partition coefficient (Wildman–Crippen LogP) is 0.854. The molecular formula is C17H24N3O4S2+. The number of rotatable bonds is 7. The third-order valence-corrected chi connectivity index (χ3v) is 6.84. The molecular weight excluding hydrogens is 374 g/mol. The second-order valence-corrected chi connectivity index (χ2v) is 9.13. The number of ether oxygens (including phenoxy) is 1. The summed E-state index contributed by atoms with van der Waals surface area (Å²) in [5.41, 5.74) is 1.05. The first-order valence-electron chi connectivity index (χ1n) is 8.65. The van der Waals surface area contributed by atoms with Crippen LogP contribution in [0.2, 0.25) is 0 Å². The Kier molecular flexibility index (Phi) is 5.79. The Morgan fingerprint density at radius 2 is 2.12 bits per heavy atom. The summed E-state index contributed by atoms with van der Waals surface area (Å²) in [6, 6.07) is 7.80. The fourth-order valence-electron chi connectivity index (χ4n) is 3.28. The van der Waals surface area contributed by atoms with Crippen molar-refractivity contribution in [3.05, 3.63) is 40.6 Å². The monoisotopic (exact) mass is 398 g/mol. The van der Waals surface area contributed by atoms with Gasteiger partial charge in [0.1, 0.15) is 17.5 Å². The van der Waals surface area contributed by atoms with Crippen molar-refractivity contribution in [3.63, 3.8) is 0 Å². The highest BCUT2D eigenvalue weighted by Crippen LogP contribution is 2.14. The van der Waals surface area contributed by atoms with Gasteiger partial charge < -0.3 is 14.1 Å². The molecule has 1 aromatic heterocycles. The Hall–Kier alpha value is -1.71. The first-order valence-corrected chi connectivity index (χ1v) is 10.9. The smallest absolute Gasteiger partial charge is 0.291 e. The number of sulfone groups is 1. The summed E-state index contributed by atoms with van der Waals surface area (Å²) < 4.78 is 35.9. The molecule has 26 heavy (non-hydrogen) atoms. The van der Waals surface area contributed by atoms with Crippen LogP contribution in [-0.4, -0.2) is 49.4 Å². The van der Waals surface area contributed by atoms with Crippen LogP contribution in [0.4, 0.5) is 0 Å². The zero-order valence-electron chi connectivity index (χ0n) is 15.0. The van der Waals surface area contributed by atoms with E-state index in [9.17, 15) is 8.42 Å². The van der Waals surface area contributed by atoms with Crippen molar-refractivity contribution >= 4 is 22.1 Å². The highest BCUT2D eigenvalue weighted by molar-refractivity contribution is 7.91. The molecule has 1 aliphatic heterocycles. The molecule has 1 aliphatic rings. The van der Waals surface area contributed by atoms with Gasteiger partial charge in [0.25, 0.3) is 4.84 Å². The van der Waals surface area contributed by atoms with E-state index in [4.69, 9.17) is 21.4 Å². The molecule has 1 aromatic carbocycles. The predicted molar refractivity (Wildman–Crippen MR) is 99.7 cm³/mol. The second-order valence-electron chi connectivity index (χ2n) is 6.56. The van der Waals surface area contributed by atoms with Crippen molar-refractivity contribution in [1.29, 1.82) is 0 Å². The van der Waals surface area contributed by atoms with E-state index >= 15 is 0 Å². The summed E-state index contributed by atoms with van der Waals surface area (Å²) in [6.07, 6.45) is 1.23. The van der Waals surface area contributed by atoms with Crippen molar-refractivity contribution in [2.45, 2.75) is 32.5 Å². The maximum Gasteiger partial charge on any atom is 0.291 e. The molecule has 2 aromatic rings. The summed E-state index contributed by atoms with van der Waals surface area (Å²) in [4.78, 5) is 1.48. The van der Waals surface area contributed by atoms with Crippen LogP contribution in [0.25, 0.3) is 0 Å². The number of aromatic nitrogens is 2. The first kappa shape index (κ1) is 19.1. The largest absolute Gasteiger partial charge is 0.497 e. The van der Waals surface area contributed by atoms with Crippen LogP contribution < -0.4 is 9.64 Å². The van der Waals surface area contributed by atoms with Gasteiger partial charge in [-0.1, -0.05) is 12.1 Å². The Morgan fingerprint density at radius 3 is 2.69 bits per heavy atom. The van der Waals surface area contributed by atoms with Crippen LogP contribution in [0.15, 0.2) is 28.7 Å². The molecule has 0 spiro atoms. The highest BCUT2D eigenvalue weighted by atomic mass is 32.2. The van der Waals surface area contributed by atoms with Gasteiger partial charge in [-0.15, -0.1) is 5.10 Å². The Labute approximate surface area is 158 Å². The van der Waals surface area contributed by atoms with Gasteiger partial charge in [-0.3, -0.25) is 0 Å². The second kappa shape index (κ2) is 7.89. The van der Waals surface area contributed by atoms with Crippen molar-refractivity contribution in [2.24, 2.45) is 0 Å². The highest BCUT2D eigenvalue weighted by Gasteiger charge is 2.35. The van der Waals surface area contributed by atoms with Crippen molar-refractivity contribution in [3.8, 4) is 5.75 Å². The van der Waals surface area contributed by atoms with Gasteiger partial charge >= 0.3 is 0 Å². The van der Waals surface area contributed by atoms with Gasteiger partial charge in [0.2, 0.25) is 5.89 Å². The number of hydrogen-bond donors (Lipinski definition) is 1. The van der Waals surface area contributed by atoms with Crippen LogP contribution in [0.3, 0.4) is 0 Å². The standard InChI is InChI=1S/C17H23N3O4S2/c1-3-19(14-8-9-26(21,22)11-14)12-20-17(25)24-16(18-20)10-13-4-6-15(23-2)7-5-13/h4-7,14H,3,8-12H2,1-2H3/p+1/t14-/m0/s1. The molecule has 1 unspecified atom stereocenters. The molecule has 1 fully saturated rings. The molecule has 0 saturated carbocycles. The van der Waals surface area contributed by atoms with E-state index in [-0.39, 0.29) is 17.5 Å². The summed E-state index contributed by atoms with van der Waals surface area (Å²) in [5.74, 6) is 1.86. The minimum Gasteiger partial charge on any atom is -0.497 e. The van der Waals surface area contributed by atoms with Crippen molar-refractivity contribution < 1.29 is 22.5 Å². The van der Waals surface area contributed by atoms with Gasteiger partial charge in [0.15, 0.2) is 16.5 Å². The lowest BCUT2D eigenvalue weighted by molar-refractivity contribution is -0.943. The van der Waals surface area contributed by atoms with E-state index < -0.39 is 9.84 Å². The molecule has 0 aliphatic carbocycles. The molecule has 0 radical (unpaired) electrons. The van der Waals surface area contributed by atoms with Gasteiger partial charge in [0, 0.05) is 6.42 Å². The Bertz CT molecular complexity index is 903. The van der Waals surface area contributed by atoms with Crippen LogP contribution in [0, 0.1) is 4.84 Å². The van der Waals surface area contributed by atoms with Gasteiger partial charge in [-0.05, 0) is 36.8 Å². The van der Waals surface area contributed by atoms with Crippen LogP contribution in [0.1, 0.15) is 24.8 Å².